The van der Waals surface area contributed by atoms with Crippen molar-refractivity contribution in [3.63, 3.8) is 0 Å². The van der Waals surface area contributed by atoms with E-state index in [0.717, 1.165) is 0 Å². The van der Waals surface area contributed by atoms with Crippen molar-refractivity contribution < 1.29 is 19.8 Å². The van der Waals surface area contributed by atoms with Crippen molar-refractivity contribution in [1.29, 1.82) is 0 Å². The summed E-state index contributed by atoms with van der Waals surface area (Å²) in [5.74, 6) is 0. The van der Waals surface area contributed by atoms with Crippen molar-refractivity contribution in [2.75, 3.05) is 5.70 Å². The minimum absolute atomic E-state index is 3.37. The Morgan fingerprint density at radius 1 is 2.17 bits per heavy atom. The van der Waals surface area contributed by atoms with Crippen molar-refractivity contribution in [2.45, 2.75) is 6.85 Å². The smallest absolute Gasteiger partial charge is 0.264 e. The van der Waals surface area contributed by atoms with Gasteiger partial charge in [-0.15, -0.1) is 0 Å². The van der Waals surface area contributed by atoms with E-state index >= 15 is 0 Å². The summed E-state index contributed by atoms with van der Waals surface area (Å²) in [4.78, 5) is 0. The average Bonchev–Trinajstić information content (AvgIpc) is 1.58. The molecule has 0 radical (unpaired) electrons. The molecule has 0 saturated carbocycles. The third-order valence-electron chi connectivity index (χ3n) is 0.129. The van der Waals surface area contributed by atoms with Crippen LogP contribution >= 0.6 is 0 Å². The van der Waals surface area contributed by atoms with Crippen LogP contribution in [0.4, 0.5) is 0 Å². The summed E-state index contributed by atoms with van der Waals surface area (Å²) in [6.07, 6.45) is 0. The molecular weight excluding hydrogens is 104 g/mol. The van der Waals surface area contributed by atoms with Crippen molar-refractivity contribution in [3.8, 4) is 0 Å². The molecule has 3 nitrogen and oxygen atoms in total. The molecule has 4 heteroatoms. The van der Waals surface area contributed by atoms with E-state index < -0.39 is 22.7 Å². The summed E-state index contributed by atoms with van der Waals surface area (Å²) in [6.45, 7) is -3.37. The first kappa shape index (κ1) is 1.45. The summed E-state index contributed by atoms with van der Waals surface area (Å²) < 4.78 is 60.6. The topological polar surface area (TPSA) is 54.4 Å². The molecule has 0 fully saturated rings. The SMILES string of the molecule is [2H]C([2H])([2H])C([2H])([2H])S(=O)(=O)O. The average molecular weight is 115 g/mol. The quantitative estimate of drug-likeness (QED) is 0.485. The van der Waals surface area contributed by atoms with E-state index in [4.69, 9.17) is 11.4 Å². The van der Waals surface area contributed by atoms with Crippen LogP contribution in [-0.4, -0.2) is 18.7 Å². The molecule has 6 heavy (non-hydrogen) atoms. The molecule has 38 valence electrons. The molecule has 0 aliphatic carbocycles. The molecule has 0 bridgehead atoms. The summed E-state index contributed by atoms with van der Waals surface area (Å²) in [5.41, 5.74) is -3.60. The lowest BCUT2D eigenvalue weighted by Crippen LogP contribution is -1.97. The van der Waals surface area contributed by atoms with Gasteiger partial charge < -0.3 is 0 Å². The third-order valence-corrected chi connectivity index (χ3v) is 0.387. The van der Waals surface area contributed by atoms with Crippen LogP contribution in [0.1, 0.15) is 13.7 Å². The Morgan fingerprint density at radius 3 is 2.67 bits per heavy atom. The van der Waals surface area contributed by atoms with E-state index in [1.165, 1.54) is 0 Å². The van der Waals surface area contributed by atoms with Gasteiger partial charge in [-0.2, -0.15) is 8.42 Å². The van der Waals surface area contributed by atoms with E-state index in [1.807, 2.05) is 0 Å². The Bertz CT molecular complexity index is 237. The highest BCUT2D eigenvalue weighted by Gasteiger charge is 1.93. The Labute approximate surface area is 43.8 Å². The fourth-order valence-electron chi connectivity index (χ4n) is 0. The van der Waals surface area contributed by atoms with E-state index in [9.17, 15) is 8.42 Å². The largest absolute Gasteiger partial charge is 0.286 e. The Balaban J connectivity index is 5.08. The second-order valence-corrected chi connectivity index (χ2v) is 1.73. The molecule has 0 aliphatic rings. The Morgan fingerprint density at radius 2 is 2.67 bits per heavy atom. The van der Waals surface area contributed by atoms with Gasteiger partial charge >= 0.3 is 0 Å². The van der Waals surface area contributed by atoms with Crippen LogP contribution in [0.5, 0.6) is 0 Å². The predicted molar refractivity (Wildman–Crippen MR) is 22.1 cm³/mol. The summed E-state index contributed by atoms with van der Waals surface area (Å²) in [5, 5.41) is 0. The van der Waals surface area contributed by atoms with Gasteiger partial charge in [-0.1, -0.05) is 0 Å². The zero-order valence-electron chi connectivity index (χ0n) is 7.67. The normalized spacial score (nSPS) is 28.5. The molecule has 0 unspecified atom stereocenters. The second-order valence-electron chi connectivity index (χ2n) is 0.577. The van der Waals surface area contributed by atoms with Crippen molar-refractivity contribution in [3.05, 3.63) is 0 Å². The van der Waals surface area contributed by atoms with Gasteiger partial charge in [-0.05, 0) is 6.85 Å². The predicted octanol–water partition coefficient (Wildman–Crippen LogP) is -0.106. The molecule has 0 aromatic rings. The van der Waals surface area contributed by atoms with Crippen molar-refractivity contribution in [1.82, 2.24) is 0 Å². The van der Waals surface area contributed by atoms with Crippen LogP contribution in [0.15, 0.2) is 0 Å². The molecule has 0 heterocycles. The third kappa shape index (κ3) is 3.91. The maximum absolute atomic E-state index is 10.1. The minimum Gasteiger partial charge on any atom is -0.286 e. The standard InChI is InChI=1S/C2H6O3S/c1-2-6(3,4)5/h2H2,1H3,(H,3,4,5)/i1D3,2D2. The van der Waals surface area contributed by atoms with E-state index in [0.29, 0.717) is 0 Å². The lowest BCUT2D eigenvalue weighted by molar-refractivity contribution is 0.484. The Hall–Kier alpha value is -0.0900. The first-order valence-corrected chi connectivity index (χ1v) is 2.41. The van der Waals surface area contributed by atoms with Crippen LogP contribution in [0.25, 0.3) is 0 Å². The van der Waals surface area contributed by atoms with Crippen LogP contribution in [0.2, 0.25) is 0 Å². The maximum Gasteiger partial charge on any atom is 0.264 e. The zero-order valence-corrected chi connectivity index (χ0v) is 3.49. The van der Waals surface area contributed by atoms with E-state index in [1.54, 1.807) is 0 Å². The summed E-state index contributed by atoms with van der Waals surface area (Å²) in [6, 6.07) is 0. The van der Waals surface area contributed by atoms with Crippen LogP contribution in [-0.2, 0) is 10.1 Å². The van der Waals surface area contributed by atoms with Gasteiger partial charge in [0, 0.05) is 6.85 Å². The van der Waals surface area contributed by atoms with Gasteiger partial charge in [-0.3, -0.25) is 4.55 Å². The lowest BCUT2D eigenvalue weighted by Gasteiger charge is -1.79. The summed E-state index contributed by atoms with van der Waals surface area (Å²) in [7, 11) is -5.19. The molecule has 0 aromatic heterocycles. The highest BCUT2D eigenvalue weighted by molar-refractivity contribution is 7.85. The molecule has 0 rings (SSSR count). The number of hydrogen-bond acceptors (Lipinski definition) is 2. The highest BCUT2D eigenvalue weighted by atomic mass is 32.2. The zero-order chi connectivity index (χ0) is 9.50. The Kier molecular flexibility index (Phi) is 0.380. The first-order valence-electron chi connectivity index (χ1n) is 3.47. The highest BCUT2D eigenvalue weighted by Crippen LogP contribution is 1.74. The van der Waals surface area contributed by atoms with Gasteiger partial charge in [0.2, 0.25) is 0 Å². The monoisotopic (exact) mass is 115 g/mol. The van der Waals surface area contributed by atoms with Gasteiger partial charge in [0.05, 0.1) is 5.70 Å². The van der Waals surface area contributed by atoms with E-state index in [-0.39, 0.29) is 0 Å². The minimum atomic E-state index is -5.19. The fourth-order valence-corrected chi connectivity index (χ4v) is 0. The molecule has 1 N–H and O–H groups in total. The second kappa shape index (κ2) is 1.57. The maximum atomic E-state index is 10.1. The lowest BCUT2D eigenvalue weighted by atomic mass is 11.0. The fraction of sp³-hybridized carbons (Fsp3) is 1.00. The van der Waals surface area contributed by atoms with Crippen LogP contribution in [0, 0.1) is 0 Å². The number of rotatable bonds is 1. The van der Waals surface area contributed by atoms with Gasteiger partial charge in [0.25, 0.3) is 10.1 Å². The molecule has 0 aromatic carbocycles. The first-order chi connectivity index (χ1) is 4.50. The summed E-state index contributed by atoms with van der Waals surface area (Å²) >= 11 is 0. The van der Waals surface area contributed by atoms with Crippen molar-refractivity contribution >= 4 is 10.1 Å². The molecule has 0 atom stereocenters. The molecule has 0 spiro atoms. The van der Waals surface area contributed by atoms with Gasteiger partial charge in [0.15, 0.2) is 0 Å². The van der Waals surface area contributed by atoms with Crippen LogP contribution in [0.3, 0.4) is 0 Å². The van der Waals surface area contributed by atoms with E-state index in [2.05, 4.69) is 0 Å². The molecular formula is C2H6O3S. The molecule has 0 aliphatic heterocycles. The van der Waals surface area contributed by atoms with Gasteiger partial charge in [-0.25, -0.2) is 0 Å². The van der Waals surface area contributed by atoms with Gasteiger partial charge in [0.1, 0.15) is 0 Å². The number of hydrogen-bond donors (Lipinski definition) is 1. The molecule has 0 amide bonds. The van der Waals surface area contributed by atoms with Crippen molar-refractivity contribution in [2.24, 2.45) is 0 Å². The van der Waals surface area contributed by atoms with Crippen LogP contribution < -0.4 is 0 Å². The molecule has 0 saturated heterocycles.